The Hall–Kier alpha value is -2.19. The van der Waals surface area contributed by atoms with Gasteiger partial charge in [-0.15, -0.1) is 0 Å². The van der Waals surface area contributed by atoms with Crippen molar-refractivity contribution in [1.29, 1.82) is 5.26 Å². The smallest absolute Gasteiger partial charge is 0.174 e. The lowest BCUT2D eigenvalue weighted by Gasteiger charge is -2.10. The van der Waals surface area contributed by atoms with Gasteiger partial charge in [-0.05, 0) is 51.8 Å². The largest absolute Gasteiger partial charge is 0.496 e. The molecule has 21 heavy (non-hydrogen) atoms. The molecule has 2 aromatic rings. The number of hydrogen-bond acceptors (Lipinski definition) is 4. The van der Waals surface area contributed by atoms with Gasteiger partial charge in [-0.2, -0.15) is 5.26 Å². The monoisotopic (exact) mass is 346 g/mol. The zero-order valence-electron chi connectivity index (χ0n) is 11.6. The highest BCUT2D eigenvalue weighted by Crippen LogP contribution is 2.28. The lowest BCUT2D eigenvalue weighted by atomic mass is 10.2. The van der Waals surface area contributed by atoms with E-state index in [4.69, 9.17) is 14.7 Å². The first-order chi connectivity index (χ1) is 10.2. The van der Waals surface area contributed by atoms with E-state index in [-0.39, 0.29) is 6.61 Å². The summed E-state index contributed by atoms with van der Waals surface area (Å²) in [6.45, 7) is 0.727. The van der Waals surface area contributed by atoms with E-state index in [1.165, 1.54) is 0 Å². The van der Waals surface area contributed by atoms with E-state index in [2.05, 4.69) is 21.2 Å². The molecule has 0 aliphatic carbocycles. The summed E-state index contributed by atoms with van der Waals surface area (Å²) in [6, 6.07) is 15.5. The first kappa shape index (κ1) is 15.2. The first-order valence-electron chi connectivity index (χ1n) is 6.39. The first-order valence-corrected chi connectivity index (χ1v) is 7.18. The number of benzene rings is 2. The number of ether oxygens (including phenoxy) is 2. The molecule has 0 spiro atoms. The van der Waals surface area contributed by atoms with Crippen LogP contribution in [0.1, 0.15) is 5.56 Å². The number of nitrogens with one attached hydrogen (secondary N) is 1. The van der Waals surface area contributed by atoms with Crippen LogP contribution in [-0.4, -0.2) is 13.7 Å². The van der Waals surface area contributed by atoms with E-state index >= 15 is 0 Å². The molecular formula is C16H15BrN2O2. The quantitative estimate of drug-likeness (QED) is 0.859. The second kappa shape index (κ2) is 7.55. The van der Waals surface area contributed by atoms with Crippen molar-refractivity contribution in [2.24, 2.45) is 0 Å². The SMILES string of the molecule is COc1ccc(NCc2cccc(OCC#N)c2)cc1Br. The Kier molecular flexibility index (Phi) is 5.47. The Bertz CT molecular complexity index is 653. The minimum Gasteiger partial charge on any atom is -0.496 e. The summed E-state index contributed by atoms with van der Waals surface area (Å²) in [7, 11) is 1.64. The number of hydrogen-bond donors (Lipinski definition) is 1. The van der Waals surface area contributed by atoms with Crippen LogP contribution in [-0.2, 0) is 6.54 Å². The maximum absolute atomic E-state index is 8.52. The van der Waals surface area contributed by atoms with E-state index in [0.717, 1.165) is 21.5 Å². The summed E-state index contributed by atoms with van der Waals surface area (Å²) >= 11 is 3.46. The predicted octanol–water partition coefficient (Wildman–Crippen LogP) is 3.97. The van der Waals surface area contributed by atoms with Gasteiger partial charge in [0.25, 0.3) is 0 Å². The zero-order valence-corrected chi connectivity index (χ0v) is 13.2. The second-order valence-electron chi connectivity index (χ2n) is 4.30. The van der Waals surface area contributed by atoms with Crippen LogP contribution >= 0.6 is 15.9 Å². The number of anilines is 1. The van der Waals surface area contributed by atoms with Crippen LogP contribution in [0.15, 0.2) is 46.9 Å². The Balaban J connectivity index is 1.99. The number of methoxy groups -OCH3 is 1. The molecular weight excluding hydrogens is 332 g/mol. The fraction of sp³-hybridized carbons (Fsp3) is 0.188. The minimum absolute atomic E-state index is 0.0578. The fourth-order valence-electron chi connectivity index (χ4n) is 1.84. The molecule has 1 N–H and O–H groups in total. The van der Waals surface area contributed by atoms with Gasteiger partial charge in [0.05, 0.1) is 11.6 Å². The molecule has 5 heteroatoms. The van der Waals surface area contributed by atoms with Gasteiger partial charge < -0.3 is 14.8 Å². The summed E-state index contributed by atoms with van der Waals surface area (Å²) < 4.78 is 11.4. The molecule has 0 aliphatic rings. The van der Waals surface area contributed by atoms with Crippen molar-refractivity contribution in [3.63, 3.8) is 0 Å². The third-order valence-corrected chi connectivity index (χ3v) is 3.47. The van der Waals surface area contributed by atoms with Crippen molar-refractivity contribution in [1.82, 2.24) is 0 Å². The average molecular weight is 347 g/mol. The summed E-state index contributed by atoms with van der Waals surface area (Å²) in [5.41, 5.74) is 2.07. The molecule has 0 aromatic heterocycles. The molecule has 0 atom stereocenters. The molecule has 4 nitrogen and oxygen atoms in total. The number of rotatable bonds is 6. The predicted molar refractivity (Wildman–Crippen MR) is 85.6 cm³/mol. The molecule has 108 valence electrons. The van der Waals surface area contributed by atoms with Gasteiger partial charge in [0.2, 0.25) is 0 Å². The fourth-order valence-corrected chi connectivity index (χ4v) is 2.38. The van der Waals surface area contributed by atoms with Gasteiger partial charge in [-0.1, -0.05) is 12.1 Å². The summed E-state index contributed by atoms with van der Waals surface area (Å²) in [6.07, 6.45) is 0. The van der Waals surface area contributed by atoms with Crippen LogP contribution in [0, 0.1) is 11.3 Å². The highest BCUT2D eigenvalue weighted by molar-refractivity contribution is 9.10. The maximum Gasteiger partial charge on any atom is 0.174 e. The Morgan fingerprint density at radius 2 is 2.10 bits per heavy atom. The van der Waals surface area contributed by atoms with Crippen LogP contribution < -0.4 is 14.8 Å². The molecule has 0 heterocycles. The summed E-state index contributed by atoms with van der Waals surface area (Å²) in [4.78, 5) is 0. The highest BCUT2D eigenvalue weighted by Gasteiger charge is 2.02. The highest BCUT2D eigenvalue weighted by atomic mass is 79.9. The van der Waals surface area contributed by atoms with Gasteiger partial charge in [0.1, 0.15) is 17.6 Å². The molecule has 0 amide bonds. The van der Waals surface area contributed by atoms with Crippen molar-refractivity contribution in [3.8, 4) is 17.6 Å². The third kappa shape index (κ3) is 4.40. The zero-order chi connectivity index (χ0) is 15.1. The van der Waals surface area contributed by atoms with Gasteiger partial charge in [0.15, 0.2) is 6.61 Å². The Labute approximate surface area is 132 Å². The van der Waals surface area contributed by atoms with Crippen molar-refractivity contribution in [2.75, 3.05) is 19.0 Å². The number of halogens is 1. The number of nitriles is 1. The Morgan fingerprint density at radius 1 is 1.24 bits per heavy atom. The summed E-state index contributed by atoms with van der Waals surface area (Å²) in [5.74, 6) is 1.50. The molecule has 0 radical (unpaired) electrons. The van der Waals surface area contributed by atoms with E-state index in [1.807, 2.05) is 48.5 Å². The lowest BCUT2D eigenvalue weighted by molar-refractivity contribution is 0.368. The van der Waals surface area contributed by atoms with Gasteiger partial charge in [-0.3, -0.25) is 0 Å². The second-order valence-corrected chi connectivity index (χ2v) is 5.15. The third-order valence-electron chi connectivity index (χ3n) is 2.85. The molecule has 2 rings (SSSR count). The Morgan fingerprint density at radius 3 is 2.81 bits per heavy atom. The van der Waals surface area contributed by atoms with Crippen molar-refractivity contribution in [2.45, 2.75) is 6.54 Å². The molecule has 2 aromatic carbocycles. The van der Waals surface area contributed by atoms with Crippen LogP contribution in [0.2, 0.25) is 0 Å². The summed E-state index contributed by atoms with van der Waals surface area (Å²) in [5, 5.41) is 11.8. The molecule has 0 saturated heterocycles. The van der Waals surface area contributed by atoms with Crippen LogP contribution in [0.5, 0.6) is 11.5 Å². The van der Waals surface area contributed by atoms with Crippen molar-refractivity contribution in [3.05, 3.63) is 52.5 Å². The van der Waals surface area contributed by atoms with Crippen LogP contribution in [0.3, 0.4) is 0 Å². The molecule has 0 fully saturated rings. The van der Waals surface area contributed by atoms with E-state index in [9.17, 15) is 0 Å². The van der Waals surface area contributed by atoms with E-state index in [0.29, 0.717) is 12.3 Å². The molecule has 0 aliphatic heterocycles. The van der Waals surface area contributed by atoms with E-state index < -0.39 is 0 Å². The van der Waals surface area contributed by atoms with Crippen molar-refractivity contribution >= 4 is 21.6 Å². The van der Waals surface area contributed by atoms with Crippen molar-refractivity contribution < 1.29 is 9.47 Å². The minimum atomic E-state index is 0.0578. The maximum atomic E-state index is 8.52. The average Bonchev–Trinajstić information content (AvgIpc) is 2.51. The van der Waals surface area contributed by atoms with Gasteiger partial charge in [0, 0.05) is 12.2 Å². The lowest BCUT2D eigenvalue weighted by Crippen LogP contribution is -2.00. The van der Waals surface area contributed by atoms with Gasteiger partial charge in [-0.25, -0.2) is 0 Å². The topological polar surface area (TPSA) is 54.3 Å². The molecule has 0 bridgehead atoms. The van der Waals surface area contributed by atoms with Gasteiger partial charge >= 0.3 is 0 Å². The molecule has 0 unspecified atom stereocenters. The normalized spacial score (nSPS) is 9.76. The molecule has 0 saturated carbocycles. The standard InChI is InChI=1S/C16H15BrN2O2/c1-20-16-6-5-13(10-15(16)17)19-11-12-3-2-4-14(9-12)21-8-7-18/h2-6,9-10,19H,8,11H2,1H3. The van der Waals surface area contributed by atoms with Crippen LogP contribution in [0.4, 0.5) is 5.69 Å². The van der Waals surface area contributed by atoms with Crippen LogP contribution in [0.25, 0.3) is 0 Å². The van der Waals surface area contributed by atoms with E-state index in [1.54, 1.807) is 7.11 Å². The number of nitrogens with zero attached hydrogens (tertiary/aromatic N) is 1.